The summed E-state index contributed by atoms with van der Waals surface area (Å²) in [6.45, 7) is 4.03. The molecule has 0 aliphatic carbocycles. The van der Waals surface area contributed by atoms with Crippen LogP contribution in [0.25, 0.3) is 0 Å². The van der Waals surface area contributed by atoms with Crippen LogP contribution in [0.5, 0.6) is 0 Å². The molecule has 4 nitrogen and oxygen atoms in total. The van der Waals surface area contributed by atoms with Gasteiger partial charge in [-0.1, -0.05) is 13.3 Å². The molecular weight excluding hydrogens is 260 g/mol. The summed E-state index contributed by atoms with van der Waals surface area (Å²) in [5, 5.41) is 2.74. The van der Waals surface area contributed by atoms with Gasteiger partial charge < -0.3 is 11.1 Å². The van der Waals surface area contributed by atoms with E-state index >= 15 is 0 Å². The predicted molar refractivity (Wildman–Crippen MR) is 80.4 cm³/mol. The van der Waals surface area contributed by atoms with Crippen LogP contribution in [0.3, 0.4) is 0 Å². The molecule has 0 fully saturated rings. The number of nitrogens with one attached hydrogen (secondary N) is 1. The topological polar surface area (TPSA) is 72.2 Å². The second kappa shape index (κ2) is 7.84. The van der Waals surface area contributed by atoms with Crippen molar-refractivity contribution in [3.05, 3.63) is 29.8 Å². The minimum atomic E-state index is -0.471. The maximum absolute atomic E-state index is 11.9. The first kappa shape index (κ1) is 15.6. The first-order chi connectivity index (χ1) is 9.04. The highest BCUT2D eigenvalue weighted by atomic mass is 32.2. The molecule has 1 atom stereocenters. The highest BCUT2D eigenvalue weighted by Crippen LogP contribution is 2.16. The monoisotopic (exact) mass is 280 g/mol. The molecule has 3 N–H and O–H groups in total. The van der Waals surface area contributed by atoms with Crippen molar-refractivity contribution in [2.75, 3.05) is 11.1 Å². The molecule has 0 radical (unpaired) electrons. The van der Waals surface area contributed by atoms with Crippen molar-refractivity contribution >= 4 is 29.3 Å². The lowest BCUT2D eigenvalue weighted by molar-refractivity contribution is -0.115. The van der Waals surface area contributed by atoms with Crippen molar-refractivity contribution in [3.63, 3.8) is 0 Å². The van der Waals surface area contributed by atoms with Gasteiger partial charge in [-0.2, -0.15) is 0 Å². The number of benzene rings is 1. The van der Waals surface area contributed by atoms with Crippen molar-refractivity contribution in [2.45, 2.75) is 31.9 Å². The molecule has 0 spiro atoms. The Hall–Kier alpha value is -1.49. The third-order valence-corrected chi connectivity index (χ3v) is 3.91. The lowest BCUT2D eigenvalue weighted by Gasteiger charge is -2.11. The third kappa shape index (κ3) is 5.34. The number of amides is 2. The second-order valence-corrected chi connectivity index (χ2v) is 5.75. The normalized spacial score (nSPS) is 11.9. The largest absolute Gasteiger partial charge is 0.366 e. The molecule has 0 bridgehead atoms. The summed E-state index contributed by atoms with van der Waals surface area (Å²) in [7, 11) is 0. The lowest BCUT2D eigenvalue weighted by Crippen LogP contribution is -2.22. The van der Waals surface area contributed by atoms with Gasteiger partial charge in [0.15, 0.2) is 0 Å². The van der Waals surface area contributed by atoms with E-state index in [4.69, 9.17) is 5.73 Å². The Morgan fingerprint density at radius 1 is 1.32 bits per heavy atom. The molecule has 1 rings (SSSR count). The number of primary amides is 1. The zero-order valence-electron chi connectivity index (χ0n) is 11.3. The SMILES string of the molecule is CCCCSC(C)C(=O)Nc1ccc(C(N)=O)cc1. The van der Waals surface area contributed by atoms with Crippen LogP contribution in [0.15, 0.2) is 24.3 Å². The molecule has 1 aromatic carbocycles. The second-order valence-electron chi connectivity index (χ2n) is 4.30. The predicted octanol–water partition coefficient (Wildman–Crippen LogP) is 2.65. The van der Waals surface area contributed by atoms with Crippen molar-refractivity contribution in [3.8, 4) is 0 Å². The van der Waals surface area contributed by atoms with E-state index in [9.17, 15) is 9.59 Å². The molecule has 0 heterocycles. The number of thioether (sulfide) groups is 1. The molecule has 104 valence electrons. The van der Waals surface area contributed by atoms with E-state index in [-0.39, 0.29) is 11.2 Å². The van der Waals surface area contributed by atoms with Gasteiger partial charge in [-0.3, -0.25) is 9.59 Å². The minimum Gasteiger partial charge on any atom is -0.366 e. The van der Waals surface area contributed by atoms with Crippen LogP contribution in [0.4, 0.5) is 5.69 Å². The molecule has 0 aromatic heterocycles. The number of hydrogen-bond donors (Lipinski definition) is 2. The Morgan fingerprint density at radius 2 is 1.95 bits per heavy atom. The van der Waals surface area contributed by atoms with Gasteiger partial charge in [0.25, 0.3) is 0 Å². The fraction of sp³-hybridized carbons (Fsp3) is 0.429. The Bertz CT molecular complexity index is 432. The average Bonchev–Trinajstić information content (AvgIpc) is 2.39. The number of carbonyl (C=O) groups is 2. The van der Waals surface area contributed by atoms with Gasteiger partial charge in [-0.25, -0.2) is 0 Å². The van der Waals surface area contributed by atoms with Crippen LogP contribution >= 0.6 is 11.8 Å². The Morgan fingerprint density at radius 3 is 2.47 bits per heavy atom. The number of anilines is 1. The van der Waals surface area contributed by atoms with Gasteiger partial charge >= 0.3 is 0 Å². The summed E-state index contributed by atoms with van der Waals surface area (Å²) in [4.78, 5) is 22.8. The summed E-state index contributed by atoms with van der Waals surface area (Å²) in [5.74, 6) is 0.500. The number of nitrogens with two attached hydrogens (primary N) is 1. The molecule has 0 aliphatic rings. The number of unbranched alkanes of at least 4 members (excludes halogenated alkanes) is 1. The van der Waals surface area contributed by atoms with Crippen molar-refractivity contribution in [1.29, 1.82) is 0 Å². The Balaban J connectivity index is 2.49. The summed E-state index contributed by atoms with van der Waals surface area (Å²) in [6, 6.07) is 6.57. The van der Waals surface area contributed by atoms with Crippen molar-refractivity contribution < 1.29 is 9.59 Å². The van der Waals surface area contributed by atoms with Crippen LogP contribution in [0.2, 0.25) is 0 Å². The van der Waals surface area contributed by atoms with Gasteiger partial charge in [-0.05, 0) is 43.4 Å². The number of carbonyl (C=O) groups excluding carboxylic acids is 2. The smallest absolute Gasteiger partial charge is 0.248 e. The number of rotatable bonds is 7. The average molecular weight is 280 g/mol. The first-order valence-corrected chi connectivity index (χ1v) is 7.41. The van der Waals surface area contributed by atoms with Crippen molar-refractivity contribution in [1.82, 2.24) is 0 Å². The van der Waals surface area contributed by atoms with E-state index < -0.39 is 5.91 Å². The van der Waals surface area contributed by atoms with E-state index in [2.05, 4.69) is 12.2 Å². The zero-order chi connectivity index (χ0) is 14.3. The molecule has 0 saturated heterocycles. The summed E-state index contributed by atoms with van der Waals surface area (Å²) >= 11 is 1.65. The van der Waals surface area contributed by atoms with Crippen LogP contribution < -0.4 is 11.1 Å². The van der Waals surface area contributed by atoms with Gasteiger partial charge in [0.1, 0.15) is 0 Å². The Labute approximate surface area is 118 Å². The van der Waals surface area contributed by atoms with Crippen LogP contribution in [0, 0.1) is 0 Å². The maximum Gasteiger partial charge on any atom is 0.248 e. The fourth-order valence-corrected chi connectivity index (χ4v) is 2.46. The fourth-order valence-electron chi connectivity index (χ4n) is 1.44. The quantitative estimate of drug-likeness (QED) is 0.754. The highest BCUT2D eigenvalue weighted by Gasteiger charge is 2.13. The number of hydrogen-bond acceptors (Lipinski definition) is 3. The lowest BCUT2D eigenvalue weighted by atomic mass is 10.2. The minimum absolute atomic E-state index is 0.0204. The molecule has 1 unspecified atom stereocenters. The molecule has 0 saturated carbocycles. The Kier molecular flexibility index (Phi) is 6.42. The van der Waals surface area contributed by atoms with E-state index in [1.165, 1.54) is 0 Å². The zero-order valence-corrected chi connectivity index (χ0v) is 12.1. The third-order valence-electron chi connectivity index (χ3n) is 2.67. The van der Waals surface area contributed by atoms with E-state index in [1.807, 2.05) is 6.92 Å². The summed E-state index contributed by atoms with van der Waals surface area (Å²) < 4.78 is 0. The van der Waals surface area contributed by atoms with Gasteiger partial charge in [0, 0.05) is 11.3 Å². The van der Waals surface area contributed by atoms with Crippen LogP contribution in [-0.2, 0) is 4.79 Å². The molecule has 1 aromatic rings. The molecular formula is C14H20N2O2S. The van der Waals surface area contributed by atoms with Gasteiger partial charge in [0.2, 0.25) is 11.8 Å². The molecule has 5 heteroatoms. The van der Waals surface area contributed by atoms with Crippen LogP contribution in [0.1, 0.15) is 37.0 Å². The molecule has 2 amide bonds. The van der Waals surface area contributed by atoms with Gasteiger partial charge in [-0.15, -0.1) is 11.8 Å². The van der Waals surface area contributed by atoms with Crippen molar-refractivity contribution in [2.24, 2.45) is 5.73 Å². The summed E-state index contributed by atoms with van der Waals surface area (Å²) in [6.07, 6.45) is 2.26. The maximum atomic E-state index is 11.9. The van der Waals surface area contributed by atoms with E-state index in [1.54, 1.807) is 36.0 Å². The van der Waals surface area contributed by atoms with Gasteiger partial charge in [0.05, 0.1) is 5.25 Å². The first-order valence-electron chi connectivity index (χ1n) is 6.37. The standard InChI is InChI=1S/C14H20N2O2S/c1-3-4-9-19-10(2)14(18)16-12-7-5-11(6-8-12)13(15)17/h5-8,10H,3-4,9H2,1-2H3,(H2,15,17)(H,16,18). The molecule has 19 heavy (non-hydrogen) atoms. The van der Waals surface area contributed by atoms with E-state index in [0.717, 1.165) is 18.6 Å². The van der Waals surface area contributed by atoms with Crippen LogP contribution in [-0.4, -0.2) is 22.8 Å². The molecule has 0 aliphatic heterocycles. The highest BCUT2D eigenvalue weighted by molar-refractivity contribution is 8.00. The summed E-state index contributed by atoms with van der Waals surface area (Å²) in [5.41, 5.74) is 6.26. The van der Waals surface area contributed by atoms with E-state index in [0.29, 0.717) is 11.3 Å².